The quantitative estimate of drug-likeness (QED) is 0.832. The molecule has 1 unspecified atom stereocenters. The van der Waals surface area contributed by atoms with Gasteiger partial charge < -0.3 is 10.2 Å². The Bertz CT molecular complexity index is 694. The topological polar surface area (TPSA) is 51.4 Å². The number of carbonyl (C=O) groups excluding carboxylic acids is 1. The number of rotatable bonds is 6. The number of nitrogens with one attached hydrogen (secondary N) is 2. The normalized spacial score (nSPS) is 15.4. The van der Waals surface area contributed by atoms with Crippen LogP contribution in [-0.4, -0.2) is 35.3 Å². The second kappa shape index (κ2) is 6.72. The number of aryl methyl sites for hydroxylation is 1. The average Bonchev–Trinajstić information content (AvgIpc) is 3.29. The highest BCUT2D eigenvalue weighted by molar-refractivity contribution is 6.30. The molecule has 0 bridgehead atoms. The first kappa shape index (κ1) is 16.0. The molecule has 23 heavy (non-hydrogen) atoms. The predicted octanol–water partition coefficient (Wildman–Crippen LogP) is 1.13. The molecule has 122 valence electrons. The van der Waals surface area contributed by atoms with Crippen molar-refractivity contribution in [2.24, 2.45) is 0 Å². The van der Waals surface area contributed by atoms with Crippen LogP contribution in [0, 0.1) is 6.92 Å². The molecular weight excluding hydrogens is 312 g/mol. The Morgan fingerprint density at radius 3 is 2.74 bits per heavy atom. The average molecular weight is 334 g/mol. The van der Waals surface area contributed by atoms with E-state index in [-0.39, 0.29) is 5.91 Å². The predicted molar refractivity (Wildman–Crippen MR) is 89.9 cm³/mol. The van der Waals surface area contributed by atoms with Gasteiger partial charge in [-0.05, 0) is 31.9 Å². The fraction of sp³-hybridized carbons (Fsp3) is 0.412. The first-order chi connectivity index (χ1) is 11.0. The zero-order chi connectivity index (χ0) is 16.4. The Balaban J connectivity index is 1.70. The van der Waals surface area contributed by atoms with Crippen molar-refractivity contribution in [1.29, 1.82) is 0 Å². The molecule has 1 fully saturated rings. The fourth-order valence-electron chi connectivity index (χ4n) is 2.62. The minimum atomic E-state index is 0.106. The molecule has 1 aromatic carbocycles. The van der Waals surface area contributed by atoms with Gasteiger partial charge in [0.2, 0.25) is 0 Å². The number of quaternary nitrogens is 1. The molecule has 1 aliphatic carbocycles. The van der Waals surface area contributed by atoms with Crippen molar-refractivity contribution < 1.29 is 9.69 Å². The SMILES string of the molecule is Cc1nn(-c2ccccc2)c(Cl)c1C[NH+](C)CC(=O)NC1CC1. The van der Waals surface area contributed by atoms with Crippen LogP contribution in [0.4, 0.5) is 0 Å². The molecule has 1 atom stereocenters. The molecule has 1 aliphatic rings. The number of nitrogens with zero attached hydrogens (tertiary/aromatic N) is 2. The molecule has 5 nitrogen and oxygen atoms in total. The van der Waals surface area contributed by atoms with Gasteiger partial charge in [0.15, 0.2) is 6.54 Å². The van der Waals surface area contributed by atoms with Crippen LogP contribution in [0.5, 0.6) is 0 Å². The van der Waals surface area contributed by atoms with Crippen LogP contribution in [0.15, 0.2) is 30.3 Å². The maximum absolute atomic E-state index is 11.9. The number of halogens is 1. The summed E-state index contributed by atoms with van der Waals surface area (Å²) in [6, 6.07) is 10.2. The standard InChI is InChI=1S/C17H21ClN4O/c1-12-15(10-21(2)11-16(23)19-13-8-9-13)17(18)22(20-12)14-6-4-3-5-7-14/h3-7,13H,8-11H2,1-2H3,(H,19,23)/p+1. The van der Waals surface area contributed by atoms with Gasteiger partial charge in [0.25, 0.3) is 5.91 Å². The summed E-state index contributed by atoms with van der Waals surface area (Å²) in [6.45, 7) is 3.08. The van der Waals surface area contributed by atoms with Crippen LogP contribution in [0.2, 0.25) is 5.15 Å². The molecule has 3 rings (SSSR count). The summed E-state index contributed by atoms with van der Waals surface area (Å²) in [5, 5.41) is 8.18. The van der Waals surface area contributed by atoms with Gasteiger partial charge in [-0.3, -0.25) is 4.79 Å². The summed E-state index contributed by atoms with van der Waals surface area (Å²) in [5.74, 6) is 0.106. The molecule has 1 amide bonds. The molecule has 2 N–H and O–H groups in total. The summed E-state index contributed by atoms with van der Waals surface area (Å²) >= 11 is 6.53. The molecule has 1 aromatic heterocycles. The third-order valence-electron chi connectivity index (χ3n) is 4.01. The van der Waals surface area contributed by atoms with Gasteiger partial charge in [-0.25, -0.2) is 4.68 Å². The number of hydrogen-bond acceptors (Lipinski definition) is 2. The summed E-state index contributed by atoms with van der Waals surface area (Å²) < 4.78 is 1.75. The molecule has 2 aromatic rings. The molecule has 0 saturated heterocycles. The lowest BCUT2D eigenvalue weighted by Crippen LogP contribution is -3.09. The lowest BCUT2D eigenvalue weighted by atomic mass is 10.2. The molecule has 0 spiro atoms. The summed E-state index contributed by atoms with van der Waals surface area (Å²) in [5.41, 5.74) is 2.84. The van der Waals surface area contributed by atoms with Gasteiger partial charge >= 0.3 is 0 Å². The molecular formula is C17H22ClN4O+. The maximum Gasteiger partial charge on any atom is 0.275 e. The van der Waals surface area contributed by atoms with Crippen LogP contribution < -0.4 is 10.2 Å². The van der Waals surface area contributed by atoms with Crippen molar-refractivity contribution in [3.8, 4) is 5.69 Å². The summed E-state index contributed by atoms with van der Waals surface area (Å²) in [6.07, 6.45) is 2.22. The zero-order valence-electron chi connectivity index (χ0n) is 13.5. The first-order valence-corrected chi connectivity index (χ1v) is 8.32. The van der Waals surface area contributed by atoms with Crippen molar-refractivity contribution in [2.75, 3.05) is 13.6 Å². The van der Waals surface area contributed by atoms with E-state index in [9.17, 15) is 4.79 Å². The minimum absolute atomic E-state index is 0.106. The molecule has 0 radical (unpaired) electrons. The van der Waals surface area contributed by atoms with Gasteiger partial charge in [0.05, 0.1) is 24.0 Å². The molecule has 0 aliphatic heterocycles. The van der Waals surface area contributed by atoms with Gasteiger partial charge in [0, 0.05) is 6.04 Å². The van der Waals surface area contributed by atoms with Crippen LogP contribution >= 0.6 is 11.6 Å². The minimum Gasteiger partial charge on any atom is -0.348 e. The molecule has 6 heteroatoms. The summed E-state index contributed by atoms with van der Waals surface area (Å²) in [4.78, 5) is 13.0. The Morgan fingerprint density at radius 1 is 1.39 bits per heavy atom. The van der Waals surface area contributed by atoms with E-state index in [1.54, 1.807) is 4.68 Å². The zero-order valence-corrected chi connectivity index (χ0v) is 14.2. The van der Waals surface area contributed by atoms with E-state index in [0.29, 0.717) is 24.3 Å². The Morgan fingerprint density at radius 2 is 2.09 bits per heavy atom. The molecule has 1 saturated carbocycles. The van der Waals surface area contributed by atoms with Crippen molar-refractivity contribution in [2.45, 2.75) is 32.4 Å². The third kappa shape index (κ3) is 3.92. The summed E-state index contributed by atoms with van der Waals surface area (Å²) in [7, 11) is 2.00. The van der Waals surface area contributed by atoms with E-state index in [1.165, 1.54) is 0 Å². The fourth-order valence-corrected chi connectivity index (χ4v) is 2.96. The number of benzene rings is 1. The van der Waals surface area contributed by atoms with Crippen molar-refractivity contribution in [1.82, 2.24) is 15.1 Å². The van der Waals surface area contributed by atoms with Gasteiger partial charge in [-0.2, -0.15) is 5.10 Å². The second-order valence-corrected chi connectivity index (χ2v) is 6.61. The number of aromatic nitrogens is 2. The number of para-hydroxylation sites is 1. The van der Waals surface area contributed by atoms with Gasteiger partial charge in [0.1, 0.15) is 11.7 Å². The highest BCUT2D eigenvalue weighted by atomic mass is 35.5. The van der Waals surface area contributed by atoms with E-state index in [2.05, 4.69) is 10.4 Å². The van der Waals surface area contributed by atoms with Crippen LogP contribution in [-0.2, 0) is 11.3 Å². The number of likely N-dealkylation sites (N-methyl/N-ethyl adjacent to an activating group) is 1. The first-order valence-electron chi connectivity index (χ1n) is 7.94. The van der Waals surface area contributed by atoms with E-state index < -0.39 is 0 Å². The number of carbonyl (C=O) groups is 1. The number of amides is 1. The van der Waals surface area contributed by atoms with E-state index in [0.717, 1.165) is 34.7 Å². The maximum atomic E-state index is 11.9. The van der Waals surface area contributed by atoms with E-state index in [4.69, 9.17) is 11.6 Å². The second-order valence-electron chi connectivity index (χ2n) is 6.25. The highest BCUT2D eigenvalue weighted by Crippen LogP contribution is 2.22. The Kier molecular flexibility index (Phi) is 4.68. The Hall–Kier alpha value is -1.85. The molecule has 1 heterocycles. The highest BCUT2D eigenvalue weighted by Gasteiger charge is 2.25. The third-order valence-corrected chi connectivity index (χ3v) is 4.39. The lowest BCUT2D eigenvalue weighted by Gasteiger charge is -2.13. The van der Waals surface area contributed by atoms with Crippen molar-refractivity contribution >= 4 is 17.5 Å². The monoisotopic (exact) mass is 333 g/mol. The largest absolute Gasteiger partial charge is 0.348 e. The smallest absolute Gasteiger partial charge is 0.275 e. The number of hydrogen-bond donors (Lipinski definition) is 2. The van der Waals surface area contributed by atoms with Crippen LogP contribution in [0.25, 0.3) is 5.69 Å². The van der Waals surface area contributed by atoms with E-state index in [1.807, 2.05) is 44.3 Å². The van der Waals surface area contributed by atoms with Crippen molar-refractivity contribution in [3.63, 3.8) is 0 Å². The van der Waals surface area contributed by atoms with Gasteiger partial charge in [-0.15, -0.1) is 0 Å². The lowest BCUT2D eigenvalue weighted by molar-refractivity contribution is -0.885. The van der Waals surface area contributed by atoms with Crippen LogP contribution in [0.1, 0.15) is 24.1 Å². The van der Waals surface area contributed by atoms with E-state index >= 15 is 0 Å². The Labute approximate surface area is 141 Å². The van der Waals surface area contributed by atoms with Crippen molar-refractivity contribution in [3.05, 3.63) is 46.7 Å². The van der Waals surface area contributed by atoms with Crippen LogP contribution in [0.3, 0.4) is 0 Å². The van der Waals surface area contributed by atoms with Gasteiger partial charge in [-0.1, -0.05) is 29.8 Å².